The molecule has 4 atom stereocenters. The fraction of sp³-hybridized carbons (Fsp3) is 0.647. The van der Waals surface area contributed by atoms with Gasteiger partial charge in [0.1, 0.15) is 17.7 Å². The Balaban J connectivity index is 2.53. The smallest absolute Gasteiger partial charge is 0.358 e. The van der Waals surface area contributed by atoms with Crippen LogP contribution in [0, 0.1) is 11.8 Å². The van der Waals surface area contributed by atoms with Crippen LogP contribution in [0.3, 0.4) is 0 Å². The number of aromatic nitrogens is 1. The second-order valence-electron chi connectivity index (χ2n) is 12.3. The molecule has 0 saturated heterocycles. The summed E-state index contributed by atoms with van der Waals surface area (Å²) < 4.78 is 18.2. The van der Waals surface area contributed by atoms with E-state index in [2.05, 4.69) is 30.8 Å². The second-order valence-corrected chi connectivity index (χ2v) is 17.9. The summed E-state index contributed by atoms with van der Waals surface area (Å²) >= 11 is 1.33. The normalized spacial score (nSPS) is 14.1. The Morgan fingerprint density at radius 2 is 1.68 bits per heavy atom. The molecule has 2 rings (SSSR count). The molecule has 11 nitrogen and oxygen atoms in total. The van der Waals surface area contributed by atoms with Crippen molar-refractivity contribution in [2.45, 2.75) is 124 Å². The maximum Gasteiger partial charge on any atom is 0.358 e. The van der Waals surface area contributed by atoms with Gasteiger partial charge in [0.05, 0.1) is 6.10 Å². The van der Waals surface area contributed by atoms with Crippen molar-refractivity contribution in [3.05, 3.63) is 62.4 Å². The third kappa shape index (κ3) is 11.7. The first-order valence-electron chi connectivity index (χ1n) is 16.8. The number of ether oxygens (including phenoxy) is 2. The quantitative estimate of drug-likeness (QED) is 0.0318. The minimum absolute atomic E-state index is 0.0882. The highest BCUT2D eigenvalue weighted by Gasteiger charge is 2.39. The lowest BCUT2D eigenvalue weighted by Gasteiger charge is -2.40. The molecule has 0 aliphatic rings. The number of azide groups is 1. The van der Waals surface area contributed by atoms with Crippen molar-refractivity contribution in [1.82, 2.24) is 9.88 Å². The summed E-state index contributed by atoms with van der Waals surface area (Å²) in [5.41, 5.74) is 10.4. The summed E-state index contributed by atoms with van der Waals surface area (Å²) in [6.07, 6.45) is 1.28. The van der Waals surface area contributed by atoms with Gasteiger partial charge in [-0.2, -0.15) is 0 Å². The van der Waals surface area contributed by atoms with Gasteiger partial charge in [-0.05, 0) is 53.9 Å². The molecule has 2 aromatic rings. The van der Waals surface area contributed by atoms with Crippen molar-refractivity contribution in [3.63, 3.8) is 0 Å². The highest BCUT2D eigenvalue weighted by molar-refractivity contribution is 7.09. The Morgan fingerprint density at radius 1 is 1.02 bits per heavy atom. The number of thiazole rings is 1. The molecule has 0 saturated carbocycles. The van der Waals surface area contributed by atoms with Crippen molar-refractivity contribution < 1.29 is 28.3 Å². The van der Waals surface area contributed by atoms with Crippen LogP contribution in [0.25, 0.3) is 10.4 Å². The molecular weight excluding hydrogens is 635 g/mol. The van der Waals surface area contributed by atoms with Crippen LogP contribution in [0.2, 0.25) is 18.1 Å². The number of carbonyl (C=O) groups is 3. The van der Waals surface area contributed by atoms with Crippen LogP contribution in [0.4, 0.5) is 0 Å². The van der Waals surface area contributed by atoms with Gasteiger partial charge in [-0.1, -0.05) is 97.3 Å². The van der Waals surface area contributed by atoms with Gasteiger partial charge in [0.25, 0.3) is 0 Å². The SMILES string of the molecule is CCCC(=O)OCN(C(=O)C(N=[N+]=[N-])[C@@H](C)CC)[C@H](C[C@@H](O[Si](CC)(CC)CC)c1nc(C(=O)OCc2ccccc2)cs1)C(C)C. The van der Waals surface area contributed by atoms with Crippen molar-refractivity contribution in [2.24, 2.45) is 17.0 Å². The van der Waals surface area contributed by atoms with Gasteiger partial charge in [-0.15, -0.1) is 11.3 Å². The molecule has 47 heavy (non-hydrogen) atoms. The van der Waals surface area contributed by atoms with E-state index in [4.69, 9.17) is 18.9 Å². The first kappa shape index (κ1) is 39.9. The molecule has 1 aromatic carbocycles. The zero-order valence-electron chi connectivity index (χ0n) is 29.3. The van der Waals surface area contributed by atoms with Crippen molar-refractivity contribution in [1.29, 1.82) is 0 Å². The fourth-order valence-electron chi connectivity index (χ4n) is 5.40. The lowest BCUT2D eigenvalue weighted by atomic mass is 9.93. The van der Waals surface area contributed by atoms with Crippen molar-refractivity contribution >= 4 is 37.5 Å². The molecule has 1 amide bonds. The van der Waals surface area contributed by atoms with E-state index in [-0.39, 0.29) is 37.3 Å². The zero-order chi connectivity index (χ0) is 35.0. The predicted molar refractivity (Wildman–Crippen MR) is 187 cm³/mol. The lowest BCUT2D eigenvalue weighted by Crippen LogP contribution is -2.51. The van der Waals surface area contributed by atoms with E-state index in [1.807, 2.05) is 65.0 Å². The topological polar surface area (TPSA) is 144 Å². The van der Waals surface area contributed by atoms with E-state index in [1.165, 1.54) is 16.2 Å². The van der Waals surface area contributed by atoms with Crippen LogP contribution in [0.1, 0.15) is 108 Å². The van der Waals surface area contributed by atoms with E-state index in [0.29, 0.717) is 24.3 Å². The number of hydrogen-bond acceptors (Lipinski definition) is 9. The summed E-state index contributed by atoms with van der Waals surface area (Å²) in [5, 5.41) is 6.19. The molecule has 1 heterocycles. The fourth-order valence-corrected chi connectivity index (χ4v) is 9.13. The minimum Gasteiger partial charge on any atom is -0.456 e. The predicted octanol–water partition coefficient (Wildman–Crippen LogP) is 8.83. The number of nitrogens with zero attached hydrogens (tertiary/aromatic N) is 5. The van der Waals surface area contributed by atoms with E-state index in [1.54, 1.807) is 5.38 Å². The van der Waals surface area contributed by atoms with Crippen LogP contribution in [-0.4, -0.2) is 54.9 Å². The van der Waals surface area contributed by atoms with Crippen LogP contribution < -0.4 is 0 Å². The largest absolute Gasteiger partial charge is 0.456 e. The number of esters is 2. The van der Waals surface area contributed by atoms with E-state index in [9.17, 15) is 19.9 Å². The van der Waals surface area contributed by atoms with Crippen LogP contribution in [0.5, 0.6) is 0 Å². The molecule has 0 spiro atoms. The number of benzene rings is 1. The average molecular weight is 688 g/mol. The van der Waals surface area contributed by atoms with Gasteiger partial charge >= 0.3 is 11.9 Å². The standard InChI is InChI=1S/C34H53N5O6SSi/c1-9-17-30(40)44-23-39(33(41)31(37-38-35)25(8)10-2)28(24(6)7)20-29(45-47(11-3,12-4)13-5)32-36-27(22-46-32)34(42)43-21-26-18-15-14-16-19-26/h14-16,18-19,22,24-25,28-29,31H,9-13,17,20-21,23H2,1-8H3/t25-,28+,29+,31?/m0/s1. The van der Waals surface area contributed by atoms with Crippen LogP contribution >= 0.6 is 11.3 Å². The second kappa shape index (κ2) is 20.2. The first-order chi connectivity index (χ1) is 22.5. The van der Waals surface area contributed by atoms with Crippen molar-refractivity contribution in [2.75, 3.05) is 6.73 Å². The molecule has 1 unspecified atom stereocenters. The summed E-state index contributed by atoms with van der Waals surface area (Å²) in [6.45, 7) is 16.0. The molecule has 260 valence electrons. The summed E-state index contributed by atoms with van der Waals surface area (Å²) in [7, 11) is -2.21. The first-order valence-corrected chi connectivity index (χ1v) is 20.2. The highest BCUT2D eigenvalue weighted by atomic mass is 32.1. The Kier molecular flexibility index (Phi) is 17.1. The molecule has 0 radical (unpaired) electrons. The van der Waals surface area contributed by atoms with Gasteiger partial charge < -0.3 is 18.8 Å². The number of amides is 1. The Hall–Kier alpha value is -3.25. The van der Waals surface area contributed by atoms with E-state index in [0.717, 1.165) is 23.7 Å². The van der Waals surface area contributed by atoms with Gasteiger partial charge in [-0.25, -0.2) is 9.78 Å². The summed E-state index contributed by atoms with van der Waals surface area (Å²) in [6, 6.07) is 10.7. The molecule has 0 aliphatic heterocycles. The number of carbonyl (C=O) groups excluding carboxylic acids is 3. The third-order valence-corrected chi connectivity index (χ3v) is 14.5. The zero-order valence-corrected chi connectivity index (χ0v) is 31.1. The maximum atomic E-state index is 14.2. The number of hydrogen-bond donors (Lipinski definition) is 0. The molecule has 0 fully saturated rings. The Labute approximate surface area is 285 Å². The van der Waals surface area contributed by atoms with Gasteiger partial charge in [0.15, 0.2) is 20.7 Å². The molecule has 1 aromatic heterocycles. The van der Waals surface area contributed by atoms with Gasteiger partial charge in [0, 0.05) is 22.8 Å². The maximum absolute atomic E-state index is 14.2. The third-order valence-electron chi connectivity index (χ3n) is 8.88. The van der Waals surface area contributed by atoms with Gasteiger partial charge in [0.2, 0.25) is 5.91 Å². The molecule has 0 aliphatic carbocycles. The summed E-state index contributed by atoms with van der Waals surface area (Å²) in [4.78, 5) is 48.9. The minimum atomic E-state index is -2.21. The monoisotopic (exact) mass is 687 g/mol. The van der Waals surface area contributed by atoms with Crippen LogP contribution in [-0.2, 0) is 30.1 Å². The molecular formula is C34H53N5O6SSi. The number of rotatable bonds is 21. The van der Waals surface area contributed by atoms with Gasteiger partial charge in [-0.3, -0.25) is 9.59 Å². The lowest BCUT2D eigenvalue weighted by molar-refractivity contribution is -0.158. The van der Waals surface area contributed by atoms with Crippen molar-refractivity contribution in [3.8, 4) is 0 Å². The molecule has 13 heteroatoms. The van der Waals surface area contributed by atoms with Crippen LogP contribution in [0.15, 0.2) is 40.8 Å². The highest BCUT2D eigenvalue weighted by Crippen LogP contribution is 2.37. The van der Waals surface area contributed by atoms with E-state index < -0.39 is 44.4 Å². The van der Waals surface area contributed by atoms with E-state index >= 15 is 0 Å². The summed E-state index contributed by atoms with van der Waals surface area (Å²) in [5.74, 6) is -1.64. The Bertz CT molecular complexity index is 1310. The molecule has 0 N–H and O–H groups in total. The Morgan fingerprint density at radius 3 is 2.23 bits per heavy atom. The molecule has 0 bridgehead atoms. The average Bonchev–Trinajstić information content (AvgIpc) is 3.58.